The highest BCUT2D eigenvalue weighted by Gasteiger charge is 2.32. The topological polar surface area (TPSA) is 58.2 Å². The van der Waals surface area contributed by atoms with E-state index in [9.17, 15) is 8.42 Å². The van der Waals surface area contributed by atoms with E-state index in [1.165, 1.54) is 16.8 Å². The third-order valence-electron chi connectivity index (χ3n) is 5.75. The van der Waals surface area contributed by atoms with Crippen LogP contribution in [0.15, 0.2) is 18.2 Å². The van der Waals surface area contributed by atoms with E-state index in [-0.39, 0.29) is 5.25 Å². The summed E-state index contributed by atoms with van der Waals surface area (Å²) in [4.78, 5) is 0. The molecule has 0 amide bonds. The molecule has 0 aromatic heterocycles. The van der Waals surface area contributed by atoms with Crippen molar-refractivity contribution in [2.24, 2.45) is 5.92 Å². The summed E-state index contributed by atoms with van der Waals surface area (Å²) < 4.78 is 26.0. The molecule has 0 saturated heterocycles. The van der Waals surface area contributed by atoms with Gasteiger partial charge in [-0.25, -0.2) is 13.1 Å². The van der Waals surface area contributed by atoms with Crippen molar-refractivity contribution in [2.75, 3.05) is 18.4 Å². The number of benzene rings is 1. The molecule has 0 saturated carbocycles. The summed E-state index contributed by atoms with van der Waals surface area (Å²) in [5, 5.41) is 3.15. The monoisotopic (exact) mass is 366 g/mol. The Morgan fingerprint density at radius 2 is 1.60 bits per heavy atom. The zero-order valence-electron chi connectivity index (χ0n) is 16.3. The summed E-state index contributed by atoms with van der Waals surface area (Å²) in [6.07, 6.45) is 2.94. The van der Waals surface area contributed by atoms with Gasteiger partial charge >= 0.3 is 0 Å². The van der Waals surface area contributed by atoms with Crippen LogP contribution in [0.25, 0.3) is 0 Å². The van der Waals surface area contributed by atoms with Gasteiger partial charge in [0, 0.05) is 18.8 Å². The Morgan fingerprint density at radius 1 is 0.960 bits per heavy atom. The first-order valence-electron chi connectivity index (χ1n) is 9.60. The summed E-state index contributed by atoms with van der Waals surface area (Å²) >= 11 is 0. The van der Waals surface area contributed by atoms with Crippen LogP contribution in [0.5, 0.6) is 0 Å². The van der Waals surface area contributed by atoms with E-state index >= 15 is 0 Å². The number of nitrogens with one attached hydrogen (secondary N) is 2. The summed E-state index contributed by atoms with van der Waals surface area (Å²) in [5.74, 6) is 1.98. The van der Waals surface area contributed by atoms with Crippen LogP contribution in [0, 0.1) is 5.92 Å². The second kappa shape index (κ2) is 8.54. The van der Waals surface area contributed by atoms with Gasteiger partial charge in [-0.2, -0.15) is 0 Å². The van der Waals surface area contributed by atoms with Gasteiger partial charge in [0.2, 0.25) is 10.0 Å². The highest BCUT2D eigenvalue weighted by molar-refractivity contribution is 7.90. The first kappa shape index (κ1) is 20.2. The van der Waals surface area contributed by atoms with E-state index in [4.69, 9.17) is 0 Å². The minimum atomic E-state index is -3.12. The normalized spacial score (nSPS) is 23.0. The summed E-state index contributed by atoms with van der Waals surface area (Å²) in [5.41, 5.74) is 4.20. The Balaban J connectivity index is 1.70. The molecule has 3 unspecified atom stereocenters. The lowest BCUT2D eigenvalue weighted by Gasteiger charge is -2.13. The molecule has 0 fully saturated rings. The fourth-order valence-corrected chi connectivity index (χ4v) is 4.30. The van der Waals surface area contributed by atoms with Crippen molar-refractivity contribution in [3.63, 3.8) is 0 Å². The molecule has 0 radical (unpaired) electrons. The molecule has 142 valence electrons. The van der Waals surface area contributed by atoms with Crippen molar-refractivity contribution < 1.29 is 8.42 Å². The first-order valence-corrected chi connectivity index (χ1v) is 11.1. The molecule has 1 aromatic rings. The number of anilines is 1. The molecule has 1 aliphatic carbocycles. The van der Waals surface area contributed by atoms with Crippen molar-refractivity contribution in [3.05, 3.63) is 29.3 Å². The second-order valence-corrected chi connectivity index (χ2v) is 10.1. The molecule has 25 heavy (non-hydrogen) atoms. The van der Waals surface area contributed by atoms with Crippen LogP contribution in [0.2, 0.25) is 0 Å². The molecule has 0 bridgehead atoms. The molecular weight excluding hydrogens is 332 g/mol. The maximum absolute atomic E-state index is 11.6. The molecule has 4 nitrogen and oxygen atoms in total. The molecule has 1 aromatic carbocycles. The highest BCUT2D eigenvalue weighted by Crippen LogP contribution is 2.46. The lowest BCUT2D eigenvalue weighted by molar-refractivity contribution is 0.464. The molecule has 5 heteroatoms. The fourth-order valence-electron chi connectivity index (χ4n) is 3.53. The van der Waals surface area contributed by atoms with E-state index < -0.39 is 10.0 Å². The van der Waals surface area contributed by atoms with Gasteiger partial charge in [0.1, 0.15) is 0 Å². The predicted octanol–water partition coefficient (Wildman–Crippen LogP) is 4.45. The Hall–Kier alpha value is -1.07. The number of fused-ring (bicyclic) bond motifs is 1. The van der Waals surface area contributed by atoms with Crippen LogP contribution >= 0.6 is 0 Å². The Morgan fingerprint density at radius 3 is 2.28 bits per heavy atom. The molecule has 0 spiro atoms. The van der Waals surface area contributed by atoms with Crippen LogP contribution in [-0.2, 0) is 10.0 Å². The van der Waals surface area contributed by atoms with E-state index in [0.29, 0.717) is 24.3 Å². The molecule has 1 aliphatic rings. The maximum atomic E-state index is 11.6. The fraction of sp³-hybridized carbons (Fsp3) is 0.700. The van der Waals surface area contributed by atoms with Crippen molar-refractivity contribution in [2.45, 2.75) is 71.0 Å². The standard InChI is InChI=1S/C20H34N2O2S/c1-14(2)25(23,24)22-12-8-6-7-11-21-18-9-10-19-16(4)15(3)17(5)20(19)13-18/h9-10,13-17,21-22H,6-8,11-12H2,1-5H3. The zero-order chi connectivity index (χ0) is 18.6. The van der Waals surface area contributed by atoms with Crippen LogP contribution in [0.3, 0.4) is 0 Å². The minimum absolute atomic E-state index is 0.359. The first-order chi connectivity index (χ1) is 11.7. The maximum Gasteiger partial charge on any atom is 0.213 e. The van der Waals surface area contributed by atoms with Crippen LogP contribution in [0.4, 0.5) is 5.69 Å². The van der Waals surface area contributed by atoms with Gasteiger partial charge in [0.25, 0.3) is 0 Å². The molecular formula is C20H34N2O2S. The minimum Gasteiger partial charge on any atom is -0.385 e. The zero-order valence-corrected chi connectivity index (χ0v) is 17.1. The summed E-state index contributed by atoms with van der Waals surface area (Å²) in [6.45, 7) is 11.9. The van der Waals surface area contributed by atoms with Crippen molar-refractivity contribution >= 4 is 15.7 Å². The van der Waals surface area contributed by atoms with Crippen molar-refractivity contribution in [1.82, 2.24) is 4.72 Å². The van der Waals surface area contributed by atoms with Crippen LogP contribution in [0.1, 0.15) is 76.8 Å². The number of hydrogen-bond acceptors (Lipinski definition) is 3. The van der Waals surface area contributed by atoms with E-state index in [0.717, 1.165) is 25.8 Å². The van der Waals surface area contributed by atoms with Gasteiger partial charge in [0.15, 0.2) is 0 Å². The second-order valence-electron chi connectivity index (χ2n) is 7.76. The molecule has 0 heterocycles. The Kier molecular flexibility index (Phi) is 6.92. The van der Waals surface area contributed by atoms with Gasteiger partial charge in [0.05, 0.1) is 5.25 Å². The van der Waals surface area contributed by atoms with Gasteiger partial charge in [-0.1, -0.05) is 33.3 Å². The van der Waals surface area contributed by atoms with Gasteiger partial charge in [-0.05, 0) is 67.7 Å². The smallest absolute Gasteiger partial charge is 0.213 e. The highest BCUT2D eigenvalue weighted by atomic mass is 32.2. The van der Waals surface area contributed by atoms with Crippen molar-refractivity contribution in [1.29, 1.82) is 0 Å². The lowest BCUT2D eigenvalue weighted by Crippen LogP contribution is -2.31. The third-order valence-corrected chi connectivity index (χ3v) is 7.60. The van der Waals surface area contributed by atoms with Crippen LogP contribution in [-0.4, -0.2) is 26.8 Å². The molecule has 0 aliphatic heterocycles. The summed E-state index contributed by atoms with van der Waals surface area (Å²) in [6, 6.07) is 6.79. The van der Waals surface area contributed by atoms with Crippen LogP contribution < -0.4 is 10.0 Å². The average Bonchev–Trinajstić information content (AvgIpc) is 2.78. The third kappa shape index (κ3) is 4.98. The Bertz CT molecular complexity index is 670. The Labute approximate surface area is 153 Å². The van der Waals surface area contributed by atoms with E-state index in [1.54, 1.807) is 13.8 Å². The SMILES string of the molecule is CC1c2ccc(NCCCCCNS(=O)(=O)C(C)C)cc2C(C)C1C. The summed E-state index contributed by atoms with van der Waals surface area (Å²) in [7, 11) is -3.12. The van der Waals surface area contributed by atoms with Gasteiger partial charge in [-0.3, -0.25) is 0 Å². The number of unbranched alkanes of at least 4 members (excludes halogenated alkanes) is 2. The van der Waals surface area contributed by atoms with E-state index in [2.05, 4.69) is 49.0 Å². The van der Waals surface area contributed by atoms with Gasteiger partial charge in [-0.15, -0.1) is 0 Å². The molecule has 2 rings (SSSR count). The van der Waals surface area contributed by atoms with Crippen molar-refractivity contribution in [3.8, 4) is 0 Å². The molecule has 2 N–H and O–H groups in total. The quantitative estimate of drug-likeness (QED) is 0.635. The number of rotatable bonds is 9. The molecule has 3 atom stereocenters. The lowest BCUT2D eigenvalue weighted by atomic mass is 9.91. The van der Waals surface area contributed by atoms with E-state index in [1.807, 2.05) is 0 Å². The number of hydrogen-bond donors (Lipinski definition) is 2. The predicted molar refractivity (Wildman–Crippen MR) is 107 cm³/mol. The van der Waals surface area contributed by atoms with Gasteiger partial charge < -0.3 is 5.32 Å². The largest absolute Gasteiger partial charge is 0.385 e. The number of sulfonamides is 1. The average molecular weight is 367 g/mol.